The Bertz CT molecular complexity index is 1590. The molecule has 2 aliphatic carbocycles. The third kappa shape index (κ3) is 3.69. The van der Waals surface area contributed by atoms with Crippen LogP contribution in [0.4, 0.5) is 17.1 Å². The lowest BCUT2D eigenvalue weighted by atomic mass is 9.81. The van der Waals surface area contributed by atoms with E-state index < -0.39 is 0 Å². The van der Waals surface area contributed by atoms with Crippen LogP contribution in [0.1, 0.15) is 48.9 Å². The van der Waals surface area contributed by atoms with E-state index in [4.69, 9.17) is 0 Å². The molecule has 2 aliphatic rings. The fourth-order valence-corrected chi connectivity index (χ4v) is 6.63. The molecule has 1 heteroatoms. The van der Waals surface area contributed by atoms with Crippen LogP contribution in [0.2, 0.25) is 0 Å². The molecule has 0 heterocycles. The number of aryl methyl sites for hydroxylation is 2. The van der Waals surface area contributed by atoms with Gasteiger partial charge in [0.25, 0.3) is 0 Å². The minimum Gasteiger partial charge on any atom is -0.310 e. The van der Waals surface area contributed by atoms with Crippen LogP contribution in [-0.4, -0.2) is 0 Å². The molecule has 0 aromatic heterocycles. The molecule has 1 nitrogen and oxygen atoms in total. The first-order valence-electron chi connectivity index (χ1n) is 13.9. The summed E-state index contributed by atoms with van der Waals surface area (Å²) in [4.78, 5) is 2.44. The largest absolute Gasteiger partial charge is 0.310 e. The molecule has 0 saturated carbocycles. The van der Waals surface area contributed by atoms with Gasteiger partial charge in [0.05, 0.1) is 5.69 Å². The first kappa shape index (κ1) is 23.0. The molecule has 0 N–H and O–H groups in total. The molecular weight excluding hydrogens is 458 g/mol. The molecule has 0 aliphatic heterocycles. The van der Waals surface area contributed by atoms with Crippen molar-refractivity contribution in [1.29, 1.82) is 0 Å². The van der Waals surface area contributed by atoms with E-state index in [1.807, 2.05) is 0 Å². The summed E-state index contributed by atoms with van der Waals surface area (Å²) in [5.41, 5.74) is 14.7. The van der Waals surface area contributed by atoms with Crippen molar-refractivity contribution in [1.82, 2.24) is 0 Å². The molecule has 0 bridgehead atoms. The van der Waals surface area contributed by atoms with Crippen molar-refractivity contribution in [3.8, 4) is 22.3 Å². The number of hydrogen-bond acceptors (Lipinski definition) is 1. The Hall–Kier alpha value is -4.10. The molecule has 0 fully saturated rings. The SMILES string of the molecule is CC1(C)c2ccccc2-c2cc(-c3ccc4c(c3)CCCC4)c(N(c3ccccc3)c3ccccc3)cc21. The Labute approximate surface area is 226 Å². The van der Waals surface area contributed by atoms with Crippen molar-refractivity contribution >= 4 is 17.1 Å². The van der Waals surface area contributed by atoms with Crippen molar-refractivity contribution in [2.75, 3.05) is 4.90 Å². The van der Waals surface area contributed by atoms with E-state index in [-0.39, 0.29) is 5.41 Å². The molecule has 7 rings (SSSR count). The minimum atomic E-state index is -0.0614. The van der Waals surface area contributed by atoms with Crippen LogP contribution in [0.15, 0.2) is 115 Å². The third-order valence-corrected chi connectivity index (χ3v) is 8.63. The highest BCUT2D eigenvalue weighted by molar-refractivity contribution is 5.94. The lowest BCUT2D eigenvalue weighted by Crippen LogP contribution is -2.17. The van der Waals surface area contributed by atoms with E-state index in [1.54, 1.807) is 0 Å². The Balaban J connectivity index is 1.53. The van der Waals surface area contributed by atoms with Crippen LogP contribution in [0.5, 0.6) is 0 Å². The third-order valence-electron chi connectivity index (χ3n) is 8.63. The number of para-hydroxylation sites is 2. The number of anilines is 3. The van der Waals surface area contributed by atoms with Crippen molar-refractivity contribution in [3.05, 3.63) is 138 Å². The van der Waals surface area contributed by atoms with Gasteiger partial charge >= 0.3 is 0 Å². The number of hydrogen-bond donors (Lipinski definition) is 0. The maximum absolute atomic E-state index is 2.48. The summed E-state index contributed by atoms with van der Waals surface area (Å²) in [7, 11) is 0. The van der Waals surface area contributed by atoms with Gasteiger partial charge in [0.2, 0.25) is 0 Å². The van der Waals surface area contributed by atoms with Crippen molar-refractivity contribution in [2.45, 2.75) is 44.9 Å². The normalized spacial score (nSPS) is 14.9. The summed E-state index contributed by atoms with van der Waals surface area (Å²) in [6.07, 6.45) is 4.97. The maximum Gasteiger partial charge on any atom is 0.0543 e. The van der Waals surface area contributed by atoms with E-state index >= 15 is 0 Å². The lowest BCUT2D eigenvalue weighted by Gasteiger charge is -2.30. The van der Waals surface area contributed by atoms with Crippen LogP contribution in [0, 0.1) is 0 Å². The molecule has 186 valence electrons. The van der Waals surface area contributed by atoms with Crippen molar-refractivity contribution in [3.63, 3.8) is 0 Å². The van der Waals surface area contributed by atoms with Crippen LogP contribution in [0.25, 0.3) is 22.3 Å². The Kier molecular flexibility index (Phi) is 5.48. The fraction of sp³-hybridized carbons (Fsp3) is 0.189. The lowest BCUT2D eigenvalue weighted by molar-refractivity contribution is 0.660. The van der Waals surface area contributed by atoms with Crippen LogP contribution in [0.3, 0.4) is 0 Å². The van der Waals surface area contributed by atoms with Crippen LogP contribution >= 0.6 is 0 Å². The van der Waals surface area contributed by atoms with Gasteiger partial charge < -0.3 is 4.90 Å². The summed E-state index contributed by atoms with van der Waals surface area (Å²) in [5, 5.41) is 0. The zero-order valence-electron chi connectivity index (χ0n) is 22.2. The second-order valence-electron chi connectivity index (χ2n) is 11.3. The molecule has 0 radical (unpaired) electrons. The topological polar surface area (TPSA) is 3.24 Å². The summed E-state index contributed by atoms with van der Waals surface area (Å²) in [5.74, 6) is 0. The predicted molar refractivity (Wildman–Crippen MR) is 161 cm³/mol. The molecule has 0 atom stereocenters. The highest BCUT2D eigenvalue weighted by Crippen LogP contribution is 2.53. The van der Waals surface area contributed by atoms with E-state index in [0.29, 0.717) is 0 Å². The first-order chi connectivity index (χ1) is 18.6. The van der Waals surface area contributed by atoms with Crippen molar-refractivity contribution < 1.29 is 0 Å². The Morgan fingerprint density at radius 2 is 1.16 bits per heavy atom. The summed E-state index contributed by atoms with van der Waals surface area (Å²) in [6, 6.07) is 42.7. The highest BCUT2D eigenvalue weighted by Gasteiger charge is 2.37. The fourth-order valence-electron chi connectivity index (χ4n) is 6.63. The zero-order chi connectivity index (χ0) is 25.7. The predicted octanol–water partition coefficient (Wildman–Crippen LogP) is 10.0. The highest BCUT2D eigenvalue weighted by atomic mass is 15.1. The van der Waals surface area contributed by atoms with Crippen LogP contribution in [-0.2, 0) is 18.3 Å². The van der Waals surface area contributed by atoms with E-state index in [1.165, 1.54) is 87.3 Å². The molecule has 38 heavy (non-hydrogen) atoms. The molecule has 5 aromatic carbocycles. The average molecular weight is 492 g/mol. The van der Waals surface area contributed by atoms with Gasteiger partial charge in [0.15, 0.2) is 0 Å². The first-order valence-corrected chi connectivity index (χ1v) is 13.9. The average Bonchev–Trinajstić information content (AvgIpc) is 3.20. The summed E-state index contributed by atoms with van der Waals surface area (Å²) < 4.78 is 0. The summed E-state index contributed by atoms with van der Waals surface area (Å²) in [6.45, 7) is 4.74. The number of fused-ring (bicyclic) bond motifs is 4. The second-order valence-corrected chi connectivity index (χ2v) is 11.3. The smallest absolute Gasteiger partial charge is 0.0543 e. The monoisotopic (exact) mass is 491 g/mol. The minimum absolute atomic E-state index is 0.0614. The standard InChI is InChI=1S/C37H33N/c1-37(2)34-20-12-11-19-31(34)33-24-32(28-22-21-26-13-9-10-14-27(26)23-28)36(25-35(33)37)38(29-15-5-3-6-16-29)30-17-7-4-8-18-30/h3-8,11-12,15-25H,9-10,13-14H2,1-2H3. The Morgan fingerprint density at radius 1 is 0.526 bits per heavy atom. The Morgan fingerprint density at radius 3 is 1.87 bits per heavy atom. The molecule has 0 spiro atoms. The quantitative estimate of drug-likeness (QED) is 0.242. The molecular formula is C37H33N. The molecule has 5 aromatic rings. The van der Waals surface area contributed by atoms with Crippen molar-refractivity contribution in [2.24, 2.45) is 0 Å². The van der Waals surface area contributed by atoms with Gasteiger partial charge in [-0.1, -0.05) is 92.7 Å². The van der Waals surface area contributed by atoms with Gasteiger partial charge in [-0.15, -0.1) is 0 Å². The van der Waals surface area contributed by atoms with E-state index in [9.17, 15) is 0 Å². The van der Waals surface area contributed by atoms with Gasteiger partial charge in [-0.2, -0.15) is 0 Å². The van der Waals surface area contributed by atoms with E-state index in [0.717, 1.165) is 0 Å². The molecule has 0 amide bonds. The van der Waals surface area contributed by atoms with Gasteiger partial charge in [-0.25, -0.2) is 0 Å². The second kappa shape index (κ2) is 9.03. The summed E-state index contributed by atoms with van der Waals surface area (Å²) >= 11 is 0. The molecule has 0 unspecified atom stereocenters. The maximum atomic E-state index is 2.48. The van der Waals surface area contributed by atoms with E-state index in [2.05, 4.69) is 134 Å². The molecule has 0 saturated heterocycles. The van der Waals surface area contributed by atoms with Gasteiger partial charge in [-0.3, -0.25) is 0 Å². The van der Waals surface area contributed by atoms with Crippen LogP contribution < -0.4 is 4.90 Å². The van der Waals surface area contributed by atoms with Gasteiger partial charge in [0, 0.05) is 22.4 Å². The number of benzene rings is 5. The zero-order valence-corrected chi connectivity index (χ0v) is 22.2. The number of rotatable bonds is 4. The number of nitrogens with zero attached hydrogens (tertiary/aromatic N) is 1. The van der Waals surface area contributed by atoms with Gasteiger partial charge in [0.1, 0.15) is 0 Å². The van der Waals surface area contributed by atoms with Gasteiger partial charge in [-0.05, 0) is 101 Å².